The number of oxime groups is 4. The van der Waals surface area contributed by atoms with E-state index in [1.54, 1.807) is 0 Å². The van der Waals surface area contributed by atoms with E-state index in [2.05, 4.69) is 30.5 Å². The third-order valence-corrected chi connectivity index (χ3v) is 2.76. The summed E-state index contributed by atoms with van der Waals surface area (Å²) in [6, 6.07) is -2.91. The highest BCUT2D eigenvalue weighted by Gasteiger charge is 2.51. The largest absolute Gasteiger partial charge is 0.419 e. The van der Waals surface area contributed by atoms with Gasteiger partial charge in [-0.2, -0.15) is 9.88 Å². The van der Waals surface area contributed by atoms with Gasteiger partial charge in [-0.3, -0.25) is 0 Å². The zero-order chi connectivity index (χ0) is 17.4. The van der Waals surface area contributed by atoms with Crippen LogP contribution in [0.5, 0.6) is 0 Å². The second kappa shape index (κ2) is 5.62. The minimum atomic E-state index is -1.46. The number of nitro groups is 2. The average molecular weight is 346 g/mol. The van der Waals surface area contributed by atoms with Crippen molar-refractivity contribution in [1.29, 1.82) is 0 Å². The van der Waals surface area contributed by atoms with Gasteiger partial charge in [0.25, 0.3) is 23.9 Å². The number of rotatable bonds is 2. The zero-order valence-corrected chi connectivity index (χ0v) is 11.2. The molecular formula is C6H6N10O8. The van der Waals surface area contributed by atoms with E-state index in [1.807, 2.05) is 0 Å². The summed E-state index contributed by atoms with van der Waals surface area (Å²) in [6.07, 6.45) is 0. The van der Waals surface area contributed by atoms with Crippen molar-refractivity contribution >= 4 is 23.5 Å². The fourth-order valence-corrected chi connectivity index (χ4v) is 1.72. The predicted molar refractivity (Wildman–Crippen MR) is 67.7 cm³/mol. The smallest absolute Gasteiger partial charge is 0.358 e. The Bertz CT molecular complexity index is 654. The van der Waals surface area contributed by atoms with E-state index < -0.39 is 45.4 Å². The Morgan fingerprint density at radius 2 is 1.21 bits per heavy atom. The van der Waals surface area contributed by atoms with Crippen LogP contribution in [0.25, 0.3) is 0 Å². The summed E-state index contributed by atoms with van der Waals surface area (Å²) in [4.78, 5) is 38.4. The molecule has 3 rings (SSSR count). The molecule has 0 aromatic rings. The number of amidine groups is 2. The Morgan fingerprint density at radius 1 is 0.833 bits per heavy atom. The molecule has 2 atom stereocenters. The minimum Gasteiger partial charge on any atom is -0.358 e. The maximum atomic E-state index is 10.8. The monoisotopic (exact) mass is 346 g/mol. The Labute approximate surface area is 129 Å². The van der Waals surface area contributed by atoms with Crippen molar-refractivity contribution in [1.82, 2.24) is 10.3 Å². The lowest BCUT2D eigenvalue weighted by molar-refractivity contribution is -0.354. The van der Waals surface area contributed by atoms with Gasteiger partial charge in [0.05, 0.1) is 0 Å². The molecular weight excluding hydrogens is 340 g/mol. The lowest BCUT2D eigenvalue weighted by Crippen LogP contribution is -2.51. The standard InChI is InChI=1S/C6H6N10O8/c7-13-1(3(9-23-13)15(17)18)5-11-22-6(12-21-5)2-4(16(19)20)10-24-14(2)8/h1-2H,7-8H2. The van der Waals surface area contributed by atoms with E-state index in [4.69, 9.17) is 21.4 Å². The molecule has 0 amide bonds. The van der Waals surface area contributed by atoms with Crippen molar-refractivity contribution in [2.45, 2.75) is 12.1 Å². The number of nitrogens with two attached hydrogens (primary N) is 2. The van der Waals surface area contributed by atoms with Gasteiger partial charge in [-0.25, -0.2) is 11.7 Å². The summed E-state index contributed by atoms with van der Waals surface area (Å²) in [5, 5.41) is 35.6. The van der Waals surface area contributed by atoms with Gasteiger partial charge < -0.3 is 29.9 Å². The van der Waals surface area contributed by atoms with Crippen LogP contribution in [0.3, 0.4) is 0 Å². The van der Waals surface area contributed by atoms with Gasteiger partial charge in [-0.15, -0.1) is 0 Å². The van der Waals surface area contributed by atoms with Crippen LogP contribution in [0.2, 0.25) is 0 Å². The van der Waals surface area contributed by atoms with Gasteiger partial charge in [0.15, 0.2) is 10.3 Å². The third kappa shape index (κ3) is 2.41. The first-order valence-corrected chi connectivity index (χ1v) is 5.76. The summed E-state index contributed by atoms with van der Waals surface area (Å²) in [5.74, 6) is 8.21. The Hall–Kier alpha value is -3.48. The molecule has 0 aromatic carbocycles. The van der Waals surface area contributed by atoms with Crippen molar-refractivity contribution in [3.05, 3.63) is 20.2 Å². The Kier molecular flexibility index (Phi) is 3.61. The van der Waals surface area contributed by atoms with E-state index in [-0.39, 0.29) is 0 Å². The highest BCUT2D eigenvalue weighted by Crippen LogP contribution is 2.18. The number of nitrogens with zero attached hydrogens (tertiary/aromatic N) is 8. The molecule has 0 saturated carbocycles. The highest BCUT2D eigenvalue weighted by molar-refractivity contribution is 6.07. The molecule has 0 saturated heterocycles. The molecule has 18 heteroatoms. The van der Waals surface area contributed by atoms with Crippen LogP contribution in [0.1, 0.15) is 0 Å². The zero-order valence-electron chi connectivity index (χ0n) is 11.2. The lowest BCUT2D eigenvalue weighted by Gasteiger charge is -2.18. The van der Waals surface area contributed by atoms with Crippen LogP contribution in [0, 0.1) is 20.2 Å². The first-order chi connectivity index (χ1) is 11.4. The maximum absolute atomic E-state index is 10.8. The second-order valence-electron chi connectivity index (χ2n) is 4.14. The van der Waals surface area contributed by atoms with Crippen LogP contribution in [0.15, 0.2) is 20.6 Å². The van der Waals surface area contributed by atoms with Crippen molar-refractivity contribution in [3.8, 4) is 0 Å². The summed E-state index contributed by atoms with van der Waals surface area (Å²) < 4.78 is 0. The summed E-state index contributed by atoms with van der Waals surface area (Å²) >= 11 is 0. The summed E-state index contributed by atoms with van der Waals surface area (Å²) in [7, 11) is 0. The quantitative estimate of drug-likeness (QED) is 0.286. The van der Waals surface area contributed by atoms with Crippen molar-refractivity contribution in [2.24, 2.45) is 32.3 Å². The maximum Gasteiger partial charge on any atom is 0.419 e. The molecule has 3 heterocycles. The van der Waals surface area contributed by atoms with E-state index in [9.17, 15) is 20.2 Å². The number of hydrogen-bond acceptors (Lipinski definition) is 16. The normalized spacial score (nSPS) is 26.9. The van der Waals surface area contributed by atoms with Gasteiger partial charge in [0.2, 0.25) is 0 Å². The molecule has 24 heavy (non-hydrogen) atoms. The topological polar surface area (TPSA) is 231 Å². The number of hydrogen-bond donors (Lipinski definition) is 2. The first-order valence-electron chi connectivity index (χ1n) is 5.76. The van der Waals surface area contributed by atoms with Gasteiger partial charge in [0.1, 0.15) is 0 Å². The summed E-state index contributed by atoms with van der Waals surface area (Å²) in [6.45, 7) is 0. The van der Waals surface area contributed by atoms with Crippen LogP contribution in [0.4, 0.5) is 0 Å². The van der Waals surface area contributed by atoms with Crippen LogP contribution >= 0.6 is 0 Å². The Balaban J connectivity index is 1.76. The van der Waals surface area contributed by atoms with E-state index in [0.717, 1.165) is 0 Å². The number of hydroxylamine groups is 2. The number of hydrazine groups is 2. The van der Waals surface area contributed by atoms with Crippen molar-refractivity contribution in [2.75, 3.05) is 0 Å². The lowest BCUT2D eigenvalue weighted by atomic mass is 10.2. The molecule has 0 bridgehead atoms. The van der Waals surface area contributed by atoms with Gasteiger partial charge in [-0.05, 0) is 30.5 Å². The van der Waals surface area contributed by atoms with E-state index in [1.165, 1.54) is 0 Å². The van der Waals surface area contributed by atoms with Crippen molar-refractivity contribution < 1.29 is 29.4 Å². The molecule has 0 aromatic heterocycles. The molecule has 0 fully saturated rings. The van der Waals surface area contributed by atoms with Crippen LogP contribution in [-0.2, 0) is 19.6 Å². The second-order valence-corrected chi connectivity index (χ2v) is 4.14. The minimum absolute atomic E-state index is 0.471. The highest BCUT2D eigenvalue weighted by atomic mass is 16.8. The van der Waals surface area contributed by atoms with Gasteiger partial charge >= 0.3 is 11.7 Å². The summed E-state index contributed by atoms with van der Waals surface area (Å²) in [5.41, 5.74) is 0. The first kappa shape index (κ1) is 15.4. The average Bonchev–Trinajstić information content (AvgIpc) is 3.11. The molecule has 4 N–H and O–H groups in total. The predicted octanol–water partition coefficient (Wildman–Crippen LogP) is -3.18. The van der Waals surface area contributed by atoms with E-state index >= 15 is 0 Å². The van der Waals surface area contributed by atoms with Crippen LogP contribution < -0.4 is 11.7 Å². The van der Waals surface area contributed by atoms with Gasteiger partial charge in [0, 0.05) is 0 Å². The SMILES string of the molecule is NN1ON=C([N+](=O)[O-])C1C1=NOC(C2C([N+](=O)[O-])=NON2N)=NO1. The molecule has 0 radical (unpaired) electrons. The van der Waals surface area contributed by atoms with Gasteiger partial charge in [-0.1, -0.05) is 0 Å². The van der Waals surface area contributed by atoms with E-state index in [0.29, 0.717) is 10.3 Å². The molecule has 3 aliphatic heterocycles. The fraction of sp³-hybridized carbons (Fsp3) is 0.333. The molecule has 18 nitrogen and oxygen atoms in total. The van der Waals surface area contributed by atoms with Crippen molar-refractivity contribution in [3.63, 3.8) is 0 Å². The molecule has 2 unspecified atom stereocenters. The molecule has 128 valence electrons. The Morgan fingerprint density at radius 3 is 1.50 bits per heavy atom. The molecule has 3 aliphatic rings. The fourth-order valence-electron chi connectivity index (χ4n) is 1.72. The third-order valence-electron chi connectivity index (χ3n) is 2.76. The molecule has 0 aliphatic carbocycles. The van der Waals surface area contributed by atoms with Crippen LogP contribution in [-0.4, -0.2) is 55.7 Å². The molecule has 0 spiro atoms.